The molecule has 27 heavy (non-hydrogen) atoms. The number of nitrogens with two attached hydrogens (primary N) is 1. The maximum atomic E-state index is 12.2. The Bertz CT molecular complexity index is 1050. The van der Waals surface area contributed by atoms with Crippen LogP contribution < -0.4 is 16.4 Å². The van der Waals surface area contributed by atoms with Crippen molar-refractivity contribution in [3.63, 3.8) is 0 Å². The Kier molecular flexibility index (Phi) is 4.13. The van der Waals surface area contributed by atoms with Gasteiger partial charge in [0.2, 0.25) is 5.91 Å². The Morgan fingerprint density at radius 1 is 1.52 bits per heavy atom. The van der Waals surface area contributed by atoms with E-state index in [4.69, 9.17) is 22.6 Å². The maximum Gasteiger partial charge on any atom is 0.230 e. The number of nitrogens with zero attached hydrogens (tertiary/aromatic N) is 3. The predicted octanol–water partition coefficient (Wildman–Crippen LogP) is 2.87. The minimum Gasteiger partial charge on any atom is -0.397 e. The van der Waals surface area contributed by atoms with Gasteiger partial charge in [0.05, 0.1) is 34.3 Å². The number of amides is 1. The first-order valence-corrected chi connectivity index (χ1v) is 8.81. The first kappa shape index (κ1) is 17.2. The van der Waals surface area contributed by atoms with Crippen molar-refractivity contribution in [2.45, 2.75) is 6.42 Å². The fourth-order valence-electron chi connectivity index (χ4n) is 3.13. The van der Waals surface area contributed by atoms with Crippen molar-refractivity contribution in [1.82, 2.24) is 15.2 Å². The number of fused-ring (bicyclic) bond motifs is 1. The molecule has 136 valence electrons. The summed E-state index contributed by atoms with van der Waals surface area (Å²) in [6, 6.07) is 5.80. The van der Waals surface area contributed by atoms with E-state index in [2.05, 4.69) is 21.7 Å². The minimum absolute atomic E-state index is 0.181. The van der Waals surface area contributed by atoms with Crippen LogP contribution in [0, 0.1) is 23.2 Å². The average molecular weight is 381 g/mol. The van der Waals surface area contributed by atoms with Crippen LogP contribution in [0.1, 0.15) is 12.0 Å². The second-order valence-corrected chi connectivity index (χ2v) is 7.01. The summed E-state index contributed by atoms with van der Waals surface area (Å²) in [6.07, 6.45) is 7.73. The Labute approximate surface area is 161 Å². The van der Waals surface area contributed by atoms with Crippen molar-refractivity contribution in [3.8, 4) is 6.07 Å². The molecule has 0 bridgehead atoms. The number of aromatic nitrogens is 1. The molecule has 8 heteroatoms. The van der Waals surface area contributed by atoms with Crippen LogP contribution in [0.15, 0.2) is 36.9 Å². The van der Waals surface area contributed by atoms with Gasteiger partial charge in [0.1, 0.15) is 5.82 Å². The number of benzene rings is 1. The molecule has 2 aromatic rings. The minimum atomic E-state index is -0.253. The van der Waals surface area contributed by atoms with Crippen LogP contribution in [0.2, 0.25) is 5.02 Å². The molecule has 1 aliphatic heterocycles. The summed E-state index contributed by atoms with van der Waals surface area (Å²) in [5, 5.41) is 16.7. The lowest BCUT2D eigenvalue weighted by atomic mass is 10.0. The Morgan fingerprint density at radius 2 is 2.33 bits per heavy atom. The zero-order valence-corrected chi connectivity index (χ0v) is 15.3. The Morgan fingerprint density at radius 3 is 3.04 bits per heavy atom. The highest BCUT2D eigenvalue weighted by Gasteiger charge is 2.43. The number of carbonyl (C=O) groups excluding carboxylic acids is 1. The first-order valence-electron chi connectivity index (χ1n) is 8.44. The summed E-state index contributed by atoms with van der Waals surface area (Å²) < 4.78 is 0. The molecule has 0 unspecified atom stereocenters. The van der Waals surface area contributed by atoms with Crippen molar-refractivity contribution < 1.29 is 4.79 Å². The van der Waals surface area contributed by atoms with Gasteiger partial charge in [-0.05, 0) is 23.9 Å². The SMILES string of the molecule is CN1C=CNC=C1c1cc2cc(NC(=O)[C@@H]3C[C@H]3C#N)ncc2c(N)c1Cl. The third-order valence-electron chi connectivity index (χ3n) is 4.81. The molecular weight excluding hydrogens is 364 g/mol. The van der Waals surface area contributed by atoms with Gasteiger partial charge in [-0.15, -0.1) is 0 Å². The number of anilines is 2. The average Bonchev–Trinajstić information content (AvgIpc) is 3.45. The van der Waals surface area contributed by atoms with Gasteiger partial charge in [-0.3, -0.25) is 4.79 Å². The lowest BCUT2D eigenvalue weighted by Crippen LogP contribution is -2.17. The van der Waals surface area contributed by atoms with E-state index in [1.54, 1.807) is 12.3 Å². The molecule has 7 nitrogen and oxygen atoms in total. The monoisotopic (exact) mass is 380 g/mol. The summed E-state index contributed by atoms with van der Waals surface area (Å²) in [6.45, 7) is 0. The summed E-state index contributed by atoms with van der Waals surface area (Å²) >= 11 is 6.50. The van der Waals surface area contributed by atoms with E-state index in [9.17, 15) is 4.79 Å². The largest absolute Gasteiger partial charge is 0.397 e. The highest BCUT2D eigenvalue weighted by molar-refractivity contribution is 6.36. The molecule has 4 N–H and O–H groups in total. The fourth-order valence-corrected chi connectivity index (χ4v) is 3.38. The first-order chi connectivity index (χ1) is 13.0. The maximum absolute atomic E-state index is 12.2. The molecule has 1 saturated carbocycles. The van der Waals surface area contributed by atoms with Crippen molar-refractivity contribution in [1.29, 1.82) is 5.26 Å². The van der Waals surface area contributed by atoms with Gasteiger partial charge in [0, 0.05) is 42.8 Å². The van der Waals surface area contributed by atoms with E-state index >= 15 is 0 Å². The third-order valence-corrected chi connectivity index (χ3v) is 5.22. The number of halogens is 1. The van der Waals surface area contributed by atoms with Gasteiger partial charge in [-0.25, -0.2) is 4.98 Å². The molecule has 0 saturated heterocycles. The topological polar surface area (TPSA) is 107 Å². The van der Waals surface area contributed by atoms with E-state index in [-0.39, 0.29) is 17.7 Å². The normalized spacial score (nSPS) is 20.6. The van der Waals surface area contributed by atoms with E-state index < -0.39 is 0 Å². The molecule has 1 aliphatic carbocycles. The summed E-state index contributed by atoms with van der Waals surface area (Å²) in [4.78, 5) is 18.4. The second-order valence-electron chi connectivity index (χ2n) is 6.63. The van der Waals surface area contributed by atoms with Crippen LogP contribution >= 0.6 is 11.6 Å². The van der Waals surface area contributed by atoms with Crippen molar-refractivity contribution in [2.24, 2.45) is 11.8 Å². The number of pyridine rings is 1. The van der Waals surface area contributed by atoms with Crippen molar-refractivity contribution >= 4 is 45.5 Å². The smallest absolute Gasteiger partial charge is 0.230 e. The molecule has 1 amide bonds. The van der Waals surface area contributed by atoms with E-state index in [1.165, 1.54) is 0 Å². The van der Waals surface area contributed by atoms with Crippen LogP contribution in [-0.4, -0.2) is 22.8 Å². The summed E-state index contributed by atoms with van der Waals surface area (Å²) in [7, 11) is 1.92. The van der Waals surface area contributed by atoms with Crippen LogP contribution in [-0.2, 0) is 4.79 Å². The van der Waals surface area contributed by atoms with E-state index in [0.29, 0.717) is 28.3 Å². The standard InChI is InChI=1S/C19H17ClN6O/c1-26-3-2-23-9-15(26)13-4-10-6-16(24-8-14(10)18(22)17(13)20)25-19(27)12-5-11(12)7-21/h2-4,6,8-9,11-12,23H,5,22H2,1H3,(H,24,25,27)/t11-,12+/m0/s1. The predicted molar refractivity (Wildman–Crippen MR) is 105 cm³/mol. The highest BCUT2D eigenvalue weighted by Crippen LogP contribution is 2.39. The van der Waals surface area contributed by atoms with Crippen molar-refractivity contribution in [2.75, 3.05) is 18.1 Å². The van der Waals surface area contributed by atoms with Crippen LogP contribution in [0.5, 0.6) is 0 Å². The molecular formula is C19H17ClN6O. The molecule has 2 atom stereocenters. The molecule has 4 rings (SSSR count). The Hall–Kier alpha value is -3.24. The van der Waals surface area contributed by atoms with E-state index in [1.807, 2.05) is 36.6 Å². The van der Waals surface area contributed by atoms with Crippen LogP contribution in [0.3, 0.4) is 0 Å². The number of hydrogen-bond donors (Lipinski definition) is 3. The molecule has 1 aromatic heterocycles. The third kappa shape index (κ3) is 3.04. The summed E-state index contributed by atoms with van der Waals surface area (Å²) in [5.74, 6) is -0.203. The summed E-state index contributed by atoms with van der Waals surface area (Å²) in [5.41, 5.74) is 8.32. The van der Waals surface area contributed by atoms with Gasteiger partial charge in [0.25, 0.3) is 0 Å². The molecule has 2 heterocycles. The number of nitrogen functional groups attached to an aromatic ring is 1. The van der Waals surface area contributed by atoms with Crippen molar-refractivity contribution in [3.05, 3.63) is 47.5 Å². The second kappa shape index (κ2) is 6.49. The zero-order valence-electron chi connectivity index (χ0n) is 14.5. The lowest BCUT2D eigenvalue weighted by Gasteiger charge is -2.23. The molecule has 1 aromatic carbocycles. The zero-order chi connectivity index (χ0) is 19.1. The fraction of sp³-hybridized carbons (Fsp3) is 0.211. The molecule has 0 spiro atoms. The number of nitriles is 1. The highest BCUT2D eigenvalue weighted by atomic mass is 35.5. The van der Waals surface area contributed by atoms with E-state index in [0.717, 1.165) is 16.6 Å². The number of carbonyl (C=O) groups is 1. The van der Waals surface area contributed by atoms with Gasteiger partial charge in [-0.2, -0.15) is 5.26 Å². The van der Waals surface area contributed by atoms with Gasteiger partial charge in [0.15, 0.2) is 0 Å². The number of hydrogen-bond acceptors (Lipinski definition) is 6. The lowest BCUT2D eigenvalue weighted by molar-refractivity contribution is -0.117. The van der Waals surface area contributed by atoms with Crippen LogP contribution in [0.25, 0.3) is 16.5 Å². The molecule has 2 aliphatic rings. The van der Waals surface area contributed by atoms with Gasteiger partial charge in [-0.1, -0.05) is 11.6 Å². The quantitative estimate of drug-likeness (QED) is 0.707. The van der Waals surface area contributed by atoms with Gasteiger partial charge < -0.3 is 21.3 Å². The molecule has 0 radical (unpaired) electrons. The molecule has 1 fully saturated rings. The number of nitrogens with one attached hydrogen (secondary N) is 2. The Balaban J connectivity index is 1.70. The van der Waals surface area contributed by atoms with Gasteiger partial charge >= 0.3 is 0 Å². The number of rotatable bonds is 3. The van der Waals surface area contributed by atoms with Crippen LogP contribution in [0.4, 0.5) is 11.5 Å².